The molecule has 0 radical (unpaired) electrons. The van der Waals surface area contributed by atoms with Gasteiger partial charge in [-0.25, -0.2) is 4.79 Å². The van der Waals surface area contributed by atoms with Gasteiger partial charge in [-0.15, -0.1) is 0 Å². The SMILES string of the molecule is CCCC(C#CCI)OC(N)=O. The number of rotatable bonds is 3. The first-order valence-electron chi connectivity index (χ1n) is 3.71. The summed E-state index contributed by atoms with van der Waals surface area (Å²) in [5.41, 5.74) is 4.86. The predicted octanol–water partition coefficient (Wildman–Crippen LogP) is 1.69. The van der Waals surface area contributed by atoms with E-state index in [9.17, 15) is 4.79 Å². The third kappa shape index (κ3) is 6.28. The van der Waals surface area contributed by atoms with Crippen molar-refractivity contribution >= 4 is 28.7 Å². The second-order valence-corrected chi connectivity index (χ2v) is 2.93. The van der Waals surface area contributed by atoms with Gasteiger partial charge >= 0.3 is 6.09 Å². The lowest BCUT2D eigenvalue weighted by Crippen LogP contribution is -2.21. The first kappa shape index (κ1) is 11.6. The zero-order chi connectivity index (χ0) is 9.40. The van der Waals surface area contributed by atoms with E-state index in [2.05, 4.69) is 34.4 Å². The summed E-state index contributed by atoms with van der Waals surface area (Å²) >= 11 is 2.14. The van der Waals surface area contributed by atoms with Crippen molar-refractivity contribution in [3.05, 3.63) is 0 Å². The molecule has 0 aromatic rings. The number of ether oxygens (including phenoxy) is 1. The molecule has 0 aliphatic carbocycles. The Labute approximate surface area is 86.2 Å². The van der Waals surface area contributed by atoms with Crippen LogP contribution in [0.2, 0.25) is 0 Å². The minimum Gasteiger partial charge on any atom is -0.433 e. The number of carbonyl (C=O) groups is 1. The Bertz CT molecular complexity index is 195. The Kier molecular flexibility index (Phi) is 6.96. The standard InChI is InChI=1S/C8H12INO2/c1-2-4-7(5-3-6-9)12-8(10)11/h7H,2,4,6H2,1H3,(H2,10,11). The maximum atomic E-state index is 10.4. The molecule has 0 saturated carbocycles. The summed E-state index contributed by atoms with van der Waals surface area (Å²) in [5.74, 6) is 5.66. The van der Waals surface area contributed by atoms with Crippen molar-refractivity contribution in [1.82, 2.24) is 0 Å². The van der Waals surface area contributed by atoms with Crippen molar-refractivity contribution in [3.8, 4) is 11.8 Å². The molecule has 1 unspecified atom stereocenters. The highest BCUT2D eigenvalue weighted by Crippen LogP contribution is 2.00. The lowest BCUT2D eigenvalue weighted by molar-refractivity contribution is 0.129. The van der Waals surface area contributed by atoms with Crippen LogP contribution in [0.15, 0.2) is 0 Å². The molecule has 0 heterocycles. The molecule has 0 spiro atoms. The van der Waals surface area contributed by atoms with Gasteiger partial charge in [0.25, 0.3) is 0 Å². The molecule has 3 nitrogen and oxygen atoms in total. The molecule has 0 aromatic carbocycles. The molecule has 0 aromatic heterocycles. The summed E-state index contributed by atoms with van der Waals surface area (Å²) in [5, 5.41) is 0. The molecule has 68 valence electrons. The van der Waals surface area contributed by atoms with E-state index in [1.54, 1.807) is 0 Å². The molecule has 0 rings (SSSR count). The molecule has 0 bridgehead atoms. The third-order valence-corrected chi connectivity index (χ3v) is 1.52. The maximum Gasteiger partial charge on any atom is 0.405 e. The number of alkyl halides is 1. The Morgan fingerprint density at radius 1 is 1.75 bits per heavy atom. The summed E-state index contributed by atoms with van der Waals surface area (Å²) < 4.78 is 5.49. The van der Waals surface area contributed by atoms with Gasteiger partial charge in [-0.2, -0.15) is 0 Å². The summed E-state index contributed by atoms with van der Waals surface area (Å²) in [4.78, 5) is 10.4. The lowest BCUT2D eigenvalue weighted by Gasteiger charge is -2.07. The van der Waals surface area contributed by atoms with E-state index in [0.717, 1.165) is 17.3 Å². The van der Waals surface area contributed by atoms with Gasteiger partial charge in [0, 0.05) is 0 Å². The third-order valence-electron chi connectivity index (χ3n) is 1.14. The highest BCUT2D eigenvalue weighted by molar-refractivity contribution is 14.1. The molecule has 0 saturated heterocycles. The topological polar surface area (TPSA) is 52.3 Å². The summed E-state index contributed by atoms with van der Waals surface area (Å²) in [6.07, 6.45) is 0.582. The lowest BCUT2D eigenvalue weighted by atomic mass is 10.2. The molecular weight excluding hydrogens is 269 g/mol. The van der Waals surface area contributed by atoms with E-state index in [0.29, 0.717) is 0 Å². The van der Waals surface area contributed by atoms with Gasteiger partial charge in [0.05, 0.1) is 4.43 Å². The highest BCUT2D eigenvalue weighted by atomic mass is 127. The van der Waals surface area contributed by atoms with Crippen LogP contribution < -0.4 is 5.73 Å². The smallest absolute Gasteiger partial charge is 0.405 e. The Hall–Kier alpha value is -0.440. The van der Waals surface area contributed by atoms with Crippen molar-refractivity contribution in [2.45, 2.75) is 25.9 Å². The predicted molar refractivity (Wildman–Crippen MR) is 56.0 cm³/mol. The van der Waals surface area contributed by atoms with Crippen LogP contribution in [0.1, 0.15) is 19.8 Å². The number of nitrogens with two attached hydrogens (primary N) is 1. The fraction of sp³-hybridized carbons (Fsp3) is 0.625. The number of hydrogen-bond acceptors (Lipinski definition) is 2. The van der Waals surface area contributed by atoms with E-state index in [-0.39, 0.29) is 6.10 Å². The molecule has 0 aliphatic heterocycles. The quantitative estimate of drug-likeness (QED) is 0.486. The molecule has 12 heavy (non-hydrogen) atoms. The second kappa shape index (κ2) is 7.22. The largest absolute Gasteiger partial charge is 0.433 e. The van der Waals surface area contributed by atoms with Crippen LogP contribution in [0.3, 0.4) is 0 Å². The number of carbonyl (C=O) groups excluding carboxylic acids is 1. The van der Waals surface area contributed by atoms with E-state index >= 15 is 0 Å². The first-order valence-corrected chi connectivity index (χ1v) is 5.23. The maximum absolute atomic E-state index is 10.4. The summed E-state index contributed by atoms with van der Waals surface area (Å²) in [7, 11) is 0. The number of primary amides is 1. The zero-order valence-corrected chi connectivity index (χ0v) is 9.13. The molecule has 1 atom stereocenters. The minimum absolute atomic E-state index is 0.331. The number of halogens is 1. The van der Waals surface area contributed by atoms with Gasteiger partial charge in [-0.1, -0.05) is 47.8 Å². The van der Waals surface area contributed by atoms with Crippen molar-refractivity contribution in [1.29, 1.82) is 0 Å². The van der Waals surface area contributed by atoms with Crippen molar-refractivity contribution < 1.29 is 9.53 Å². The van der Waals surface area contributed by atoms with Gasteiger partial charge in [-0.3, -0.25) is 0 Å². The molecule has 0 fully saturated rings. The molecular formula is C8H12INO2. The molecule has 0 aliphatic rings. The number of hydrogen-bond donors (Lipinski definition) is 1. The Morgan fingerprint density at radius 2 is 2.42 bits per heavy atom. The van der Waals surface area contributed by atoms with Crippen molar-refractivity contribution in [3.63, 3.8) is 0 Å². The monoisotopic (exact) mass is 281 g/mol. The van der Waals surface area contributed by atoms with Gasteiger partial charge in [-0.05, 0) is 6.42 Å². The molecule has 1 amide bonds. The van der Waals surface area contributed by atoms with Crippen LogP contribution in [0.5, 0.6) is 0 Å². The fourth-order valence-corrected chi connectivity index (χ4v) is 0.936. The van der Waals surface area contributed by atoms with E-state index in [4.69, 9.17) is 10.5 Å². The average molecular weight is 281 g/mol. The van der Waals surface area contributed by atoms with Gasteiger partial charge in [0.2, 0.25) is 0 Å². The Balaban J connectivity index is 3.94. The van der Waals surface area contributed by atoms with Gasteiger partial charge in [0.15, 0.2) is 6.10 Å². The van der Waals surface area contributed by atoms with Crippen molar-refractivity contribution in [2.24, 2.45) is 5.73 Å². The fourth-order valence-electron chi connectivity index (χ4n) is 0.715. The molecule has 2 N–H and O–H groups in total. The van der Waals surface area contributed by atoms with Gasteiger partial charge in [0.1, 0.15) is 0 Å². The summed E-state index contributed by atoms with van der Waals surface area (Å²) in [6, 6.07) is 0. The van der Waals surface area contributed by atoms with Crippen LogP contribution in [0.25, 0.3) is 0 Å². The average Bonchev–Trinajstić information content (AvgIpc) is 2.00. The van der Waals surface area contributed by atoms with Crippen LogP contribution in [-0.2, 0) is 4.74 Å². The second-order valence-electron chi connectivity index (χ2n) is 2.17. The minimum atomic E-state index is -0.754. The van der Waals surface area contributed by atoms with Crippen LogP contribution in [0.4, 0.5) is 4.79 Å². The normalized spacial score (nSPS) is 11.2. The zero-order valence-electron chi connectivity index (χ0n) is 6.97. The van der Waals surface area contributed by atoms with Crippen LogP contribution in [0, 0.1) is 11.8 Å². The van der Waals surface area contributed by atoms with E-state index in [1.807, 2.05) is 6.92 Å². The first-order chi connectivity index (χ1) is 5.70. The highest BCUT2D eigenvalue weighted by Gasteiger charge is 2.06. The Morgan fingerprint density at radius 3 is 2.83 bits per heavy atom. The van der Waals surface area contributed by atoms with Crippen LogP contribution in [-0.4, -0.2) is 16.6 Å². The van der Waals surface area contributed by atoms with E-state index in [1.165, 1.54) is 0 Å². The van der Waals surface area contributed by atoms with Crippen molar-refractivity contribution in [2.75, 3.05) is 4.43 Å². The van der Waals surface area contributed by atoms with Gasteiger partial charge < -0.3 is 10.5 Å². The van der Waals surface area contributed by atoms with E-state index < -0.39 is 6.09 Å². The number of amides is 1. The van der Waals surface area contributed by atoms with Crippen LogP contribution >= 0.6 is 22.6 Å². The summed E-state index contributed by atoms with van der Waals surface area (Å²) in [6.45, 7) is 2.00. The molecule has 4 heteroatoms.